The zero-order valence-electron chi connectivity index (χ0n) is 16.8. The SMILES string of the molecule is COc1ccc2c(C)c(CCC(=O)OCC(=O)Nc3ccc(F)cc3Cl)c(=O)oc2c1. The van der Waals surface area contributed by atoms with Crippen molar-refractivity contribution in [3.8, 4) is 5.75 Å². The Labute approximate surface area is 181 Å². The van der Waals surface area contributed by atoms with Gasteiger partial charge in [-0.1, -0.05) is 11.6 Å². The van der Waals surface area contributed by atoms with Gasteiger partial charge in [-0.3, -0.25) is 9.59 Å². The summed E-state index contributed by atoms with van der Waals surface area (Å²) in [7, 11) is 1.51. The Balaban J connectivity index is 1.58. The van der Waals surface area contributed by atoms with Gasteiger partial charge in [0, 0.05) is 23.4 Å². The number of anilines is 1. The van der Waals surface area contributed by atoms with Crippen LogP contribution in [-0.2, 0) is 20.7 Å². The van der Waals surface area contributed by atoms with Crippen molar-refractivity contribution in [2.24, 2.45) is 0 Å². The van der Waals surface area contributed by atoms with Crippen LogP contribution in [0.15, 0.2) is 45.6 Å². The largest absolute Gasteiger partial charge is 0.497 e. The van der Waals surface area contributed by atoms with Gasteiger partial charge in [-0.2, -0.15) is 0 Å². The molecule has 0 aliphatic carbocycles. The van der Waals surface area contributed by atoms with Gasteiger partial charge in [0.05, 0.1) is 17.8 Å². The van der Waals surface area contributed by atoms with E-state index in [1.54, 1.807) is 25.1 Å². The molecule has 0 fully saturated rings. The smallest absolute Gasteiger partial charge is 0.339 e. The Hall–Kier alpha value is -3.39. The zero-order valence-corrected chi connectivity index (χ0v) is 17.5. The van der Waals surface area contributed by atoms with Crippen molar-refractivity contribution in [1.82, 2.24) is 0 Å². The molecular weight excluding hydrogens is 429 g/mol. The van der Waals surface area contributed by atoms with E-state index in [1.165, 1.54) is 13.2 Å². The maximum Gasteiger partial charge on any atom is 0.339 e. The van der Waals surface area contributed by atoms with Crippen LogP contribution in [0.4, 0.5) is 10.1 Å². The fourth-order valence-electron chi connectivity index (χ4n) is 3.01. The van der Waals surface area contributed by atoms with E-state index in [0.29, 0.717) is 22.5 Å². The first kappa shape index (κ1) is 22.3. The molecule has 1 aromatic heterocycles. The van der Waals surface area contributed by atoms with E-state index in [1.807, 2.05) is 0 Å². The van der Waals surface area contributed by atoms with Gasteiger partial charge in [-0.15, -0.1) is 0 Å². The molecule has 0 bridgehead atoms. The lowest BCUT2D eigenvalue weighted by molar-refractivity contribution is -0.147. The lowest BCUT2D eigenvalue weighted by Gasteiger charge is -2.10. The number of aryl methyl sites for hydroxylation is 1. The van der Waals surface area contributed by atoms with Crippen LogP contribution >= 0.6 is 11.6 Å². The van der Waals surface area contributed by atoms with Crippen LogP contribution in [0.5, 0.6) is 5.75 Å². The first-order chi connectivity index (χ1) is 14.8. The predicted molar refractivity (Wildman–Crippen MR) is 113 cm³/mol. The summed E-state index contributed by atoms with van der Waals surface area (Å²) in [4.78, 5) is 36.3. The quantitative estimate of drug-likeness (QED) is 0.434. The highest BCUT2D eigenvalue weighted by Gasteiger charge is 2.15. The van der Waals surface area contributed by atoms with Crippen LogP contribution in [0.3, 0.4) is 0 Å². The van der Waals surface area contributed by atoms with Crippen molar-refractivity contribution in [3.63, 3.8) is 0 Å². The maximum atomic E-state index is 13.0. The predicted octanol–water partition coefficient (Wildman–Crippen LogP) is 4.02. The average Bonchev–Trinajstić information content (AvgIpc) is 2.73. The Morgan fingerprint density at radius 3 is 2.68 bits per heavy atom. The molecule has 1 amide bonds. The Kier molecular flexibility index (Phi) is 6.91. The van der Waals surface area contributed by atoms with Crippen molar-refractivity contribution in [3.05, 3.63) is 68.8 Å². The third-order valence-corrected chi connectivity index (χ3v) is 4.96. The van der Waals surface area contributed by atoms with Crippen LogP contribution in [-0.4, -0.2) is 25.6 Å². The molecule has 2 aromatic carbocycles. The van der Waals surface area contributed by atoms with Gasteiger partial charge in [0.15, 0.2) is 6.61 Å². The molecule has 0 saturated carbocycles. The number of fused-ring (bicyclic) bond motifs is 1. The molecule has 7 nitrogen and oxygen atoms in total. The third kappa shape index (κ3) is 5.40. The molecule has 0 unspecified atom stereocenters. The van der Waals surface area contributed by atoms with E-state index in [9.17, 15) is 18.8 Å². The summed E-state index contributed by atoms with van der Waals surface area (Å²) in [5.41, 5.74) is 1.10. The summed E-state index contributed by atoms with van der Waals surface area (Å²) in [6.45, 7) is 1.23. The number of ether oxygens (including phenoxy) is 2. The molecule has 0 aliphatic heterocycles. The molecular formula is C22H19ClFNO6. The number of halogens is 2. The summed E-state index contributed by atoms with van der Waals surface area (Å²) < 4.78 is 28.4. The second-order valence-corrected chi connectivity index (χ2v) is 7.10. The number of amides is 1. The van der Waals surface area contributed by atoms with Gasteiger partial charge in [0.25, 0.3) is 5.91 Å². The summed E-state index contributed by atoms with van der Waals surface area (Å²) in [5, 5.41) is 3.18. The van der Waals surface area contributed by atoms with Crippen LogP contribution in [0, 0.1) is 12.7 Å². The lowest BCUT2D eigenvalue weighted by atomic mass is 10.0. The molecule has 9 heteroatoms. The fraction of sp³-hybridized carbons (Fsp3) is 0.227. The first-order valence-electron chi connectivity index (χ1n) is 9.29. The van der Waals surface area contributed by atoms with Crippen molar-refractivity contribution in [2.75, 3.05) is 19.0 Å². The van der Waals surface area contributed by atoms with E-state index < -0.39 is 29.9 Å². The fourth-order valence-corrected chi connectivity index (χ4v) is 3.23. The number of nitrogens with one attached hydrogen (secondary N) is 1. The highest BCUT2D eigenvalue weighted by molar-refractivity contribution is 6.33. The molecule has 0 radical (unpaired) electrons. The molecule has 1 heterocycles. The van der Waals surface area contributed by atoms with Gasteiger partial charge < -0.3 is 19.2 Å². The second kappa shape index (κ2) is 9.61. The lowest BCUT2D eigenvalue weighted by Crippen LogP contribution is -2.21. The molecule has 0 atom stereocenters. The van der Waals surface area contributed by atoms with Gasteiger partial charge in [0.2, 0.25) is 0 Å². The van der Waals surface area contributed by atoms with Gasteiger partial charge in [0.1, 0.15) is 17.1 Å². The molecule has 0 aliphatic rings. The summed E-state index contributed by atoms with van der Waals surface area (Å²) in [6, 6.07) is 8.64. The van der Waals surface area contributed by atoms with Gasteiger partial charge in [-0.05, 0) is 49.2 Å². The number of methoxy groups -OCH3 is 1. The number of benzene rings is 2. The number of carbonyl (C=O) groups is 2. The van der Waals surface area contributed by atoms with E-state index in [4.69, 9.17) is 25.5 Å². The molecule has 0 spiro atoms. The van der Waals surface area contributed by atoms with Crippen molar-refractivity contribution in [2.45, 2.75) is 19.8 Å². The molecule has 1 N–H and O–H groups in total. The highest BCUT2D eigenvalue weighted by atomic mass is 35.5. The minimum Gasteiger partial charge on any atom is -0.497 e. The van der Waals surface area contributed by atoms with Crippen molar-refractivity contribution < 1.29 is 27.9 Å². The van der Waals surface area contributed by atoms with E-state index in [-0.39, 0.29) is 23.6 Å². The number of esters is 1. The van der Waals surface area contributed by atoms with Gasteiger partial charge in [-0.25, -0.2) is 9.18 Å². The number of carbonyl (C=O) groups excluding carboxylic acids is 2. The molecule has 0 saturated heterocycles. The standard InChI is InChI=1S/C22H19ClFNO6/c1-12-15-5-4-14(29-2)10-19(15)31-22(28)16(12)6-8-21(27)30-11-20(26)25-18-7-3-13(24)9-17(18)23/h3-5,7,9-10H,6,8,11H2,1-2H3,(H,25,26). The molecule has 3 aromatic rings. The van der Waals surface area contributed by atoms with Crippen LogP contribution < -0.4 is 15.7 Å². The Morgan fingerprint density at radius 1 is 1.19 bits per heavy atom. The van der Waals surface area contributed by atoms with Gasteiger partial charge >= 0.3 is 11.6 Å². The van der Waals surface area contributed by atoms with E-state index in [0.717, 1.165) is 17.5 Å². The minimum atomic E-state index is -0.658. The summed E-state index contributed by atoms with van der Waals surface area (Å²) in [5.74, 6) is -1.26. The van der Waals surface area contributed by atoms with Crippen molar-refractivity contribution >= 4 is 40.1 Å². The molecule has 162 valence electrons. The molecule has 31 heavy (non-hydrogen) atoms. The average molecular weight is 448 g/mol. The number of hydrogen-bond donors (Lipinski definition) is 1. The first-order valence-corrected chi connectivity index (χ1v) is 9.67. The monoisotopic (exact) mass is 447 g/mol. The van der Waals surface area contributed by atoms with Crippen molar-refractivity contribution in [1.29, 1.82) is 0 Å². The second-order valence-electron chi connectivity index (χ2n) is 6.69. The summed E-state index contributed by atoms with van der Waals surface area (Å²) >= 11 is 5.83. The van der Waals surface area contributed by atoms with Crippen LogP contribution in [0.2, 0.25) is 5.02 Å². The molecule has 3 rings (SSSR count). The number of rotatable bonds is 7. The Bertz CT molecular complexity index is 1210. The normalized spacial score (nSPS) is 10.7. The third-order valence-electron chi connectivity index (χ3n) is 4.64. The Morgan fingerprint density at radius 2 is 1.97 bits per heavy atom. The summed E-state index contributed by atoms with van der Waals surface area (Å²) in [6.07, 6.45) is -0.0157. The maximum absolute atomic E-state index is 13.0. The number of hydrogen-bond acceptors (Lipinski definition) is 6. The topological polar surface area (TPSA) is 94.8 Å². The van der Waals surface area contributed by atoms with Crippen LogP contribution in [0.25, 0.3) is 11.0 Å². The van der Waals surface area contributed by atoms with E-state index >= 15 is 0 Å². The highest BCUT2D eigenvalue weighted by Crippen LogP contribution is 2.25. The minimum absolute atomic E-state index is 0.0239. The zero-order chi connectivity index (χ0) is 22.5. The van der Waals surface area contributed by atoms with E-state index in [2.05, 4.69) is 5.32 Å². The van der Waals surface area contributed by atoms with Crippen LogP contribution in [0.1, 0.15) is 17.5 Å².